The first kappa shape index (κ1) is 14.7. The van der Waals surface area contributed by atoms with Crippen molar-refractivity contribution in [3.8, 4) is 0 Å². The molecule has 0 radical (unpaired) electrons. The fraction of sp³-hybridized carbons (Fsp3) is 0.533. The van der Waals surface area contributed by atoms with E-state index in [-0.39, 0.29) is 0 Å². The van der Waals surface area contributed by atoms with Gasteiger partial charge in [-0.2, -0.15) is 0 Å². The molecule has 2 rings (SSSR count). The van der Waals surface area contributed by atoms with E-state index in [2.05, 4.69) is 36.4 Å². The van der Waals surface area contributed by atoms with Crippen LogP contribution in [-0.4, -0.2) is 9.55 Å². The minimum absolute atomic E-state index is 0.382. The van der Waals surface area contributed by atoms with E-state index in [0.29, 0.717) is 22.9 Å². The second kappa shape index (κ2) is 6.15. The molecule has 0 bridgehead atoms. The standard InChI is InChI=1S/C15H20Cl2N2/c1-4-11(5-2)10(3)19-13-8-6-7-12(17)15(13)18-14(19)9-16/h6-8,10-11H,4-5,9H2,1-3H3. The van der Waals surface area contributed by atoms with Crippen LogP contribution in [0.15, 0.2) is 18.2 Å². The highest BCUT2D eigenvalue weighted by Gasteiger charge is 2.21. The fourth-order valence-corrected chi connectivity index (χ4v) is 3.26. The van der Waals surface area contributed by atoms with Crippen LogP contribution in [0.25, 0.3) is 11.0 Å². The lowest BCUT2D eigenvalue weighted by Gasteiger charge is -2.25. The minimum atomic E-state index is 0.382. The van der Waals surface area contributed by atoms with E-state index in [9.17, 15) is 0 Å². The Morgan fingerprint density at radius 1 is 1.26 bits per heavy atom. The number of alkyl halides is 1. The zero-order chi connectivity index (χ0) is 14.0. The molecule has 0 saturated carbocycles. The predicted octanol–water partition coefficient (Wildman–Crippen LogP) is 5.43. The molecule has 1 aromatic carbocycles. The molecule has 2 nitrogen and oxygen atoms in total. The van der Waals surface area contributed by atoms with Crippen LogP contribution in [0, 0.1) is 5.92 Å². The van der Waals surface area contributed by atoms with Crippen LogP contribution in [0.1, 0.15) is 45.5 Å². The molecule has 2 aromatic rings. The normalized spacial score (nSPS) is 13.4. The summed E-state index contributed by atoms with van der Waals surface area (Å²) in [6.45, 7) is 6.71. The van der Waals surface area contributed by atoms with Gasteiger partial charge in [0, 0.05) is 6.04 Å². The zero-order valence-corrected chi connectivity index (χ0v) is 13.2. The monoisotopic (exact) mass is 298 g/mol. The van der Waals surface area contributed by atoms with Crippen molar-refractivity contribution in [3.63, 3.8) is 0 Å². The number of benzene rings is 1. The minimum Gasteiger partial charge on any atom is -0.324 e. The number of hydrogen-bond donors (Lipinski definition) is 0. The SMILES string of the molecule is CCC(CC)C(C)n1c(CCl)nc2c(Cl)cccc21. The number of nitrogens with zero attached hydrogens (tertiary/aromatic N) is 2. The smallest absolute Gasteiger partial charge is 0.125 e. The lowest BCUT2D eigenvalue weighted by molar-refractivity contribution is 0.334. The lowest BCUT2D eigenvalue weighted by Crippen LogP contribution is -2.17. The van der Waals surface area contributed by atoms with E-state index in [0.717, 1.165) is 29.7 Å². The number of halogens is 2. The molecule has 1 heterocycles. The highest BCUT2D eigenvalue weighted by Crippen LogP contribution is 2.32. The van der Waals surface area contributed by atoms with Crippen LogP contribution < -0.4 is 0 Å². The van der Waals surface area contributed by atoms with E-state index in [1.54, 1.807) is 0 Å². The van der Waals surface area contributed by atoms with Gasteiger partial charge in [0.25, 0.3) is 0 Å². The third-order valence-electron chi connectivity index (χ3n) is 4.00. The molecule has 104 valence electrons. The van der Waals surface area contributed by atoms with Crippen LogP contribution in [-0.2, 0) is 5.88 Å². The van der Waals surface area contributed by atoms with Crippen molar-refractivity contribution in [2.24, 2.45) is 5.92 Å². The van der Waals surface area contributed by atoms with Gasteiger partial charge in [0.2, 0.25) is 0 Å². The van der Waals surface area contributed by atoms with Gasteiger partial charge in [-0.3, -0.25) is 0 Å². The molecule has 0 aliphatic rings. The second-order valence-electron chi connectivity index (χ2n) is 4.96. The van der Waals surface area contributed by atoms with Gasteiger partial charge in [0.05, 0.1) is 16.4 Å². The number of aromatic nitrogens is 2. The van der Waals surface area contributed by atoms with Crippen LogP contribution in [0.4, 0.5) is 0 Å². The summed E-state index contributed by atoms with van der Waals surface area (Å²) in [6.07, 6.45) is 2.30. The van der Waals surface area contributed by atoms with E-state index in [1.165, 1.54) is 0 Å². The Kier molecular flexibility index (Phi) is 4.75. The molecule has 0 saturated heterocycles. The predicted molar refractivity (Wildman–Crippen MR) is 83.1 cm³/mol. The molecule has 0 N–H and O–H groups in total. The third kappa shape index (κ3) is 2.61. The van der Waals surface area contributed by atoms with Crippen molar-refractivity contribution in [1.29, 1.82) is 0 Å². The summed E-state index contributed by atoms with van der Waals surface area (Å²) in [5.41, 5.74) is 1.94. The molecule has 0 aliphatic carbocycles. The summed E-state index contributed by atoms with van der Waals surface area (Å²) in [5.74, 6) is 1.94. The maximum Gasteiger partial charge on any atom is 0.125 e. The Hall–Kier alpha value is -0.730. The Labute approximate surface area is 124 Å². The number of imidazole rings is 1. The topological polar surface area (TPSA) is 17.8 Å². The van der Waals surface area contributed by atoms with E-state index in [1.807, 2.05) is 12.1 Å². The van der Waals surface area contributed by atoms with Crippen LogP contribution in [0.5, 0.6) is 0 Å². The van der Waals surface area contributed by atoms with Gasteiger partial charge in [0.1, 0.15) is 11.3 Å². The van der Waals surface area contributed by atoms with Crippen LogP contribution in [0.3, 0.4) is 0 Å². The average Bonchev–Trinajstić information content (AvgIpc) is 2.80. The van der Waals surface area contributed by atoms with E-state index < -0.39 is 0 Å². The van der Waals surface area contributed by atoms with Gasteiger partial charge >= 0.3 is 0 Å². The van der Waals surface area contributed by atoms with Gasteiger partial charge in [-0.15, -0.1) is 11.6 Å². The molecule has 0 fully saturated rings. The van der Waals surface area contributed by atoms with Gasteiger partial charge in [-0.05, 0) is 25.0 Å². The van der Waals surface area contributed by atoms with Crippen molar-refractivity contribution in [2.75, 3.05) is 0 Å². The van der Waals surface area contributed by atoms with Crippen molar-refractivity contribution in [2.45, 2.75) is 45.5 Å². The Morgan fingerprint density at radius 2 is 1.95 bits per heavy atom. The molecular formula is C15H20Cl2N2. The molecule has 1 atom stereocenters. The summed E-state index contributed by atoms with van der Waals surface area (Å²) in [7, 11) is 0. The molecule has 0 amide bonds. The van der Waals surface area contributed by atoms with Gasteiger partial charge in [-0.1, -0.05) is 44.4 Å². The van der Waals surface area contributed by atoms with Crippen molar-refractivity contribution >= 4 is 34.2 Å². The van der Waals surface area contributed by atoms with Crippen LogP contribution >= 0.6 is 23.2 Å². The number of hydrogen-bond acceptors (Lipinski definition) is 1. The van der Waals surface area contributed by atoms with Crippen LogP contribution in [0.2, 0.25) is 5.02 Å². The first-order valence-corrected chi connectivity index (χ1v) is 7.76. The largest absolute Gasteiger partial charge is 0.324 e. The summed E-state index contributed by atoms with van der Waals surface area (Å²) >= 11 is 12.3. The number of fused-ring (bicyclic) bond motifs is 1. The third-order valence-corrected chi connectivity index (χ3v) is 4.55. The average molecular weight is 299 g/mol. The van der Waals surface area contributed by atoms with Crippen molar-refractivity contribution < 1.29 is 0 Å². The second-order valence-corrected chi connectivity index (χ2v) is 5.63. The molecule has 19 heavy (non-hydrogen) atoms. The first-order chi connectivity index (χ1) is 9.13. The van der Waals surface area contributed by atoms with Gasteiger partial charge < -0.3 is 4.57 Å². The highest BCUT2D eigenvalue weighted by atomic mass is 35.5. The summed E-state index contributed by atoms with van der Waals surface area (Å²) < 4.78 is 2.26. The molecule has 4 heteroatoms. The molecule has 0 spiro atoms. The van der Waals surface area contributed by atoms with E-state index >= 15 is 0 Å². The Bertz CT molecular complexity index is 559. The quantitative estimate of drug-likeness (QED) is 0.673. The number of rotatable bonds is 5. The maximum absolute atomic E-state index is 6.23. The fourth-order valence-electron chi connectivity index (χ4n) is 2.86. The molecule has 1 aromatic heterocycles. The maximum atomic E-state index is 6.23. The van der Waals surface area contributed by atoms with Crippen molar-refractivity contribution in [3.05, 3.63) is 29.0 Å². The summed E-state index contributed by atoms with van der Waals surface area (Å²) in [5, 5.41) is 0.694. The Balaban J connectivity index is 2.60. The van der Waals surface area contributed by atoms with Gasteiger partial charge in [0.15, 0.2) is 0 Å². The molecule has 0 aliphatic heterocycles. The summed E-state index contributed by atoms with van der Waals surface area (Å²) in [6, 6.07) is 6.30. The molecule has 1 unspecified atom stereocenters. The first-order valence-electron chi connectivity index (χ1n) is 6.85. The Morgan fingerprint density at radius 3 is 2.53 bits per heavy atom. The lowest BCUT2D eigenvalue weighted by atomic mass is 9.95. The van der Waals surface area contributed by atoms with E-state index in [4.69, 9.17) is 23.2 Å². The summed E-state index contributed by atoms with van der Waals surface area (Å²) in [4.78, 5) is 4.60. The molecular weight excluding hydrogens is 279 g/mol. The van der Waals surface area contributed by atoms with Gasteiger partial charge in [-0.25, -0.2) is 4.98 Å². The number of para-hydroxylation sites is 1. The van der Waals surface area contributed by atoms with Crippen molar-refractivity contribution in [1.82, 2.24) is 9.55 Å². The zero-order valence-electron chi connectivity index (χ0n) is 11.7. The highest BCUT2D eigenvalue weighted by molar-refractivity contribution is 6.35.